The first-order valence-corrected chi connectivity index (χ1v) is 6.34. The van der Waals surface area contributed by atoms with Crippen LogP contribution in [0.1, 0.15) is 20.3 Å². The molecule has 0 bridgehead atoms. The van der Waals surface area contributed by atoms with Crippen molar-refractivity contribution in [2.75, 3.05) is 18.0 Å². The van der Waals surface area contributed by atoms with E-state index in [1.807, 2.05) is 0 Å². The third-order valence-electron chi connectivity index (χ3n) is 2.92. The minimum atomic E-state index is -0.852. The van der Waals surface area contributed by atoms with E-state index in [9.17, 15) is 4.79 Å². The van der Waals surface area contributed by atoms with E-state index in [1.165, 1.54) is 0 Å². The van der Waals surface area contributed by atoms with Crippen molar-refractivity contribution in [3.8, 4) is 5.75 Å². The van der Waals surface area contributed by atoms with E-state index >= 15 is 0 Å². The van der Waals surface area contributed by atoms with Crippen LogP contribution in [0.15, 0.2) is 18.2 Å². The number of anilines is 1. The van der Waals surface area contributed by atoms with Gasteiger partial charge in [-0.3, -0.25) is 4.79 Å². The number of rotatable bonds is 3. The fourth-order valence-corrected chi connectivity index (χ4v) is 2.18. The molecule has 1 amide bonds. The van der Waals surface area contributed by atoms with Gasteiger partial charge in [0.1, 0.15) is 5.75 Å². The van der Waals surface area contributed by atoms with Crippen molar-refractivity contribution >= 4 is 23.2 Å². The lowest BCUT2D eigenvalue weighted by Gasteiger charge is -2.38. The molecule has 0 saturated carbocycles. The Labute approximate surface area is 112 Å². The molecule has 0 fully saturated rings. The van der Waals surface area contributed by atoms with Crippen LogP contribution < -0.4 is 15.4 Å². The highest BCUT2D eigenvalue weighted by molar-refractivity contribution is 6.31. The molecule has 4 nitrogen and oxygen atoms in total. The summed E-state index contributed by atoms with van der Waals surface area (Å²) in [6.45, 7) is 4.65. The van der Waals surface area contributed by atoms with Crippen molar-refractivity contribution in [1.29, 1.82) is 0 Å². The first-order chi connectivity index (χ1) is 8.45. The first-order valence-electron chi connectivity index (χ1n) is 5.96. The maximum atomic E-state index is 12.3. The van der Waals surface area contributed by atoms with Crippen molar-refractivity contribution in [1.82, 2.24) is 0 Å². The van der Waals surface area contributed by atoms with Crippen LogP contribution >= 0.6 is 11.6 Å². The Morgan fingerprint density at radius 3 is 2.83 bits per heavy atom. The van der Waals surface area contributed by atoms with E-state index in [4.69, 9.17) is 22.1 Å². The Hall–Kier alpha value is -1.26. The van der Waals surface area contributed by atoms with Gasteiger partial charge in [-0.15, -0.1) is 0 Å². The Kier molecular flexibility index (Phi) is 3.50. The normalized spacial score (nSPS) is 17.3. The quantitative estimate of drug-likeness (QED) is 0.914. The van der Waals surface area contributed by atoms with Gasteiger partial charge in [-0.25, -0.2) is 0 Å². The van der Waals surface area contributed by atoms with Gasteiger partial charge in [0.05, 0.1) is 5.69 Å². The van der Waals surface area contributed by atoms with Crippen LogP contribution in [-0.4, -0.2) is 24.6 Å². The van der Waals surface area contributed by atoms with Crippen molar-refractivity contribution < 1.29 is 9.53 Å². The summed E-state index contributed by atoms with van der Waals surface area (Å²) in [5, 5.41) is 0.586. The molecule has 0 aromatic heterocycles. The molecule has 5 heteroatoms. The van der Waals surface area contributed by atoms with Gasteiger partial charge in [0, 0.05) is 11.6 Å². The number of nitrogens with zero attached hydrogens (tertiary/aromatic N) is 1. The van der Waals surface area contributed by atoms with E-state index in [2.05, 4.69) is 0 Å². The van der Waals surface area contributed by atoms with Crippen LogP contribution in [0.3, 0.4) is 0 Å². The number of carbonyl (C=O) groups is 1. The lowest BCUT2D eigenvalue weighted by Crippen LogP contribution is -2.53. The molecule has 0 saturated heterocycles. The predicted octanol–water partition coefficient (Wildman–Crippen LogP) is 2.19. The monoisotopic (exact) mass is 268 g/mol. The maximum absolute atomic E-state index is 12.3. The van der Waals surface area contributed by atoms with Gasteiger partial charge in [-0.05, 0) is 45.0 Å². The SMILES string of the molecule is CC1(C)Oc2ccc(Cl)cc2N(CCCN)C1=O. The van der Waals surface area contributed by atoms with Crippen LogP contribution in [0.4, 0.5) is 5.69 Å². The zero-order valence-electron chi connectivity index (χ0n) is 10.6. The zero-order valence-corrected chi connectivity index (χ0v) is 11.3. The summed E-state index contributed by atoms with van der Waals surface area (Å²) in [7, 11) is 0. The summed E-state index contributed by atoms with van der Waals surface area (Å²) in [5.74, 6) is 0.617. The summed E-state index contributed by atoms with van der Waals surface area (Å²) < 4.78 is 5.72. The highest BCUT2D eigenvalue weighted by atomic mass is 35.5. The summed E-state index contributed by atoms with van der Waals surface area (Å²) >= 11 is 5.98. The Balaban J connectivity index is 2.43. The molecule has 2 rings (SSSR count). The second kappa shape index (κ2) is 4.78. The summed E-state index contributed by atoms with van der Waals surface area (Å²) in [5.41, 5.74) is 5.38. The van der Waals surface area contributed by atoms with Crippen LogP contribution in [0.5, 0.6) is 5.75 Å². The molecule has 1 heterocycles. The third kappa shape index (κ3) is 2.31. The molecule has 18 heavy (non-hydrogen) atoms. The highest BCUT2D eigenvalue weighted by Crippen LogP contribution is 2.39. The number of ether oxygens (including phenoxy) is 1. The van der Waals surface area contributed by atoms with E-state index in [0.29, 0.717) is 23.9 Å². The fraction of sp³-hybridized carbons (Fsp3) is 0.462. The van der Waals surface area contributed by atoms with E-state index in [0.717, 1.165) is 12.1 Å². The molecule has 0 radical (unpaired) electrons. The molecular formula is C13H17ClN2O2. The Morgan fingerprint density at radius 2 is 2.17 bits per heavy atom. The number of hydrogen-bond donors (Lipinski definition) is 1. The van der Waals surface area contributed by atoms with E-state index < -0.39 is 5.60 Å². The summed E-state index contributed by atoms with van der Waals surface area (Å²) in [6, 6.07) is 5.30. The van der Waals surface area contributed by atoms with Gasteiger partial charge >= 0.3 is 0 Å². The second-order valence-corrected chi connectivity index (χ2v) is 5.26. The largest absolute Gasteiger partial charge is 0.476 e. The molecule has 0 unspecified atom stereocenters. The maximum Gasteiger partial charge on any atom is 0.270 e. The van der Waals surface area contributed by atoms with Crippen molar-refractivity contribution in [2.45, 2.75) is 25.9 Å². The Morgan fingerprint density at radius 1 is 1.44 bits per heavy atom. The summed E-state index contributed by atoms with van der Waals surface area (Å²) in [6.07, 6.45) is 0.744. The molecule has 0 spiro atoms. The lowest BCUT2D eigenvalue weighted by molar-refractivity contribution is -0.132. The minimum Gasteiger partial charge on any atom is -0.476 e. The van der Waals surface area contributed by atoms with Gasteiger partial charge < -0.3 is 15.4 Å². The molecule has 1 aliphatic heterocycles. The van der Waals surface area contributed by atoms with Crippen molar-refractivity contribution in [3.63, 3.8) is 0 Å². The number of carbonyl (C=O) groups excluding carboxylic acids is 1. The van der Waals surface area contributed by atoms with Gasteiger partial charge in [0.25, 0.3) is 5.91 Å². The van der Waals surface area contributed by atoms with Crippen LogP contribution in [-0.2, 0) is 4.79 Å². The summed E-state index contributed by atoms with van der Waals surface area (Å²) in [4.78, 5) is 14.0. The fourth-order valence-electron chi connectivity index (χ4n) is 2.01. The minimum absolute atomic E-state index is 0.0642. The van der Waals surface area contributed by atoms with Gasteiger partial charge in [0.2, 0.25) is 0 Å². The average molecular weight is 269 g/mol. The second-order valence-electron chi connectivity index (χ2n) is 4.82. The number of hydrogen-bond acceptors (Lipinski definition) is 3. The van der Waals surface area contributed by atoms with Gasteiger partial charge in [0.15, 0.2) is 5.60 Å². The van der Waals surface area contributed by atoms with Gasteiger partial charge in [-0.1, -0.05) is 11.6 Å². The topological polar surface area (TPSA) is 55.6 Å². The van der Waals surface area contributed by atoms with Crippen LogP contribution in [0, 0.1) is 0 Å². The van der Waals surface area contributed by atoms with Gasteiger partial charge in [-0.2, -0.15) is 0 Å². The lowest BCUT2D eigenvalue weighted by atomic mass is 10.0. The van der Waals surface area contributed by atoms with Crippen molar-refractivity contribution in [2.24, 2.45) is 5.73 Å². The Bertz CT molecular complexity index is 474. The third-order valence-corrected chi connectivity index (χ3v) is 3.16. The smallest absolute Gasteiger partial charge is 0.270 e. The van der Waals surface area contributed by atoms with E-state index in [-0.39, 0.29) is 5.91 Å². The molecule has 1 aromatic rings. The number of benzene rings is 1. The predicted molar refractivity (Wildman–Crippen MR) is 72.2 cm³/mol. The molecule has 1 aromatic carbocycles. The number of amides is 1. The number of fused-ring (bicyclic) bond motifs is 1. The molecule has 0 atom stereocenters. The first kappa shape index (κ1) is 13.2. The highest BCUT2D eigenvalue weighted by Gasteiger charge is 2.40. The van der Waals surface area contributed by atoms with Crippen molar-refractivity contribution in [3.05, 3.63) is 23.2 Å². The molecule has 1 aliphatic rings. The molecule has 0 aliphatic carbocycles. The number of halogens is 1. The number of nitrogens with two attached hydrogens (primary N) is 1. The van der Waals surface area contributed by atoms with E-state index in [1.54, 1.807) is 36.9 Å². The standard InChI is InChI=1S/C13H17ClN2O2/c1-13(2)12(17)16(7-3-6-15)10-8-9(14)4-5-11(10)18-13/h4-5,8H,3,6-7,15H2,1-2H3. The molecule has 98 valence electrons. The van der Waals surface area contributed by atoms with Crippen LogP contribution in [0.25, 0.3) is 0 Å². The molecular weight excluding hydrogens is 252 g/mol. The average Bonchev–Trinajstić information content (AvgIpc) is 2.31. The molecule has 2 N–H and O–H groups in total. The zero-order chi connectivity index (χ0) is 13.3. The van der Waals surface area contributed by atoms with Crippen LogP contribution in [0.2, 0.25) is 5.02 Å².